The van der Waals surface area contributed by atoms with E-state index in [9.17, 15) is 0 Å². The summed E-state index contributed by atoms with van der Waals surface area (Å²) in [5.74, 6) is 0. The summed E-state index contributed by atoms with van der Waals surface area (Å²) in [5, 5.41) is 13.1. The summed E-state index contributed by atoms with van der Waals surface area (Å²) in [4.78, 5) is 14.8. The third kappa shape index (κ3) is 8.24. The van der Waals surface area contributed by atoms with E-state index in [0.29, 0.717) is 0 Å². The molecule has 0 radical (unpaired) electrons. The molecule has 0 amide bonds. The van der Waals surface area contributed by atoms with Crippen LogP contribution in [0.15, 0.2) is 205 Å². The third-order valence-corrected chi connectivity index (χ3v) is 26.4. The van der Waals surface area contributed by atoms with Gasteiger partial charge in [-0.05, 0) is 140 Å². The molecule has 0 unspecified atom stereocenters. The van der Waals surface area contributed by atoms with Gasteiger partial charge in [0.05, 0.1) is 72.6 Å². The number of furan rings is 1. The van der Waals surface area contributed by atoms with Crippen molar-refractivity contribution in [3.05, 3.63) is 229 Å². The molecule has 9 aromatic carbocycles. The van der Waals surface area contributed by atoms with Crippen LogP contribution >= 0.6 is 0 Å². The van der Waals surface area contributed by atoms with Gasteiger partial charge in [-0.25, -0.2) is 0 Å². The molecular formula is C74H72N4OSi4. The molecule has 0 saturated heterocycles. The van der Waals surface area contributed by atoms with Gasteiger partial charge >= 0.3 is 0 Å². The molecule has 2 aliphatic carbocycles. The van der Waals surface area contributed by atoms with Gasteiger partial charge in [0.25, 0.3) is 0 Å². The second-order valence-corrected chi connectivity index (χ2v) is 47.8. The Morgan fingerprint density at radius 1 is 0.398 bits per heavy atom. The molecule has 410 valence electrons. The highest BCUT2D eigenvalue weighted by molar-refractivity contribution is 6.93. The van der Waals surface area contributed by atoms with Crippen LogP contribution in [0.2, 0.25) is 78.6 Å². The van der Waals surface area contributed by atoms with Crippen molar-refractivity contribution >= 4 is 131 Å². The molecule has 0 bridgehead atoms. The van der Waals surface area contributed by atoms with Gasteiger partial charge in [-0.15, -0.1) is 0 Å². The predicted molar refractivity (Wildman–Crippen MR) is 367 cm³/mol. The SMILES string of the molecule is Cc1c([Si](C)(C)C)cc(N(c2cccnc2)c2ccc3c(c2)C2(c4ccc5ccccc5c4-c4c2ccc2ccccc42)c2cc(N(c4cccnc4)c4cc([Si](C)(C)C)cc([Si](C)(C)C)c4)c4c(oc5ccccc54)c2-3)cc1[Si](C)(C)C. The lowest BCUT2D eigenvalue weighted by Gasteiger charge is -2.35. The van der Waals surface area contributed by atoms with E-state index < -0.39 is 37.7 Å². The van der Waals surface area contributed by atoms with E-state index in [0.717, 1.165) is 55.9 Å². The fourth-order valence-electron chi connectivity index (χ4n) is 14.2. The summed E-state index contributed by atoms with van der Waals surface area (Å²) in [6.07, 6.45) is 7.88. The number of anilines is 6. The predicted octanol–water partition coefficient (Wildman–Crippen LogP) is 18.5. The zero-order chi connectivity index (χ0) is 57.7. The van der Waals surface area contributed by atoms with Crippen molar-refractivity contribution in [2.24, 2.45) is 0 Å². The molecule has 0 fully saturated rings. The zero-order valence-corrected chi connectivity index (χ0v) is 54.2. The minimum Gasteiger partial charge on any atom is -0.455 e. The van der Waals surface area contributed by atoms with Crippen molar-refractivity contribution in [2.45, 2.75) is 90.9 Å². The lowest BCUT2D eigenvalue weighted by Crippen LogP contribution is -2.48. The Bertz CT molecular complexity index is 4480. The quantitative estimate of drug-likeness (QED) is 0.128. The largest absolute Gasteiger partial charge is 0.455 e. The van der Waals surface area contributed by atoms with E-state index in [2.05, 4.69) is 271 Å². The number of fused-ring (bicyclic) bond motifs is 18. The molecule has 3 aromatic heterocycles. The van der Waals surface area contributed by atoms with E-state index in [1.54, 1.807) is 0 Å². The van der Waals surface area contributed by atoms with Crippen molar-refractivity contribution in [3.8, 4) is 22.3 Å². The number of hydrogen-bond donors (Lipinski definition) is 0. The molecule has 9 heteroatoms. The van der Waals surface area contributed by atoms with Crippen LogP contribution < -0.4 is 30.5 Å². The summed E-state index contributed by atoms with van der Waals surface area (Å²) in [7, 11) is -7.39. The Labute approximate surface area is 493 Å². The third-order valence-electron chi connectivity index (χ3n) is 18.1. The zero-order valence-electron chi connectivity index (χ0n) is 50.2. The van der Waals surface area contributed by atoms with Gasteiger partial charge in [0.2, 0.25) is 0 Å². The number of para-hydroxylation sites is 1. The first-order valence-electron chi connectivity index (χ1n) is 29.5. The maximum absolute atomic E-state index is 7.57. The summed E-state index contributed by atoms with van der Waals surface area (Å²) in [6, 6.07) is 67.6. The molecule has 0 atom stereocenters. The number of rotatable bonds is 10. The molecule has 1 spiro atoms. The topological polar surface area (TPSA) is 45.4 Å². The van der Waals surface area contributed by atoms with Crippen LogP contribution in [0, 0.1) is 6.92 Å². The van der Waals surface area contributed by atoms with Crippen LogP contribution in [0.3, 0.4) is 0 Å². The van der Waals surface area contributed by atoms with E-state index in [4.69, 9.17) is 14.4 Å². The molecule has 2 aliphatic rings. The lowest BCUT2D eigenvalue weighted by atomic mass is 9.70. The van der Waals surface area contributed by atoms with Crippen LogP contribution in [0.4, 0.5) is 34.1 Å². The first-order chi connectivity index (χ1) is 39.6. The molecule has 0 saturated carbocycles. The summed E-state index contributed by atoms with van der Waals surface area (Å²) in [6.45, 7) is 32.2. The molecular weight excluding hydrogens is 1070 g/mol. The average molecular weight is 1150 g/mol. The first-order valence-corrected chi connectivity index (χ1v) is 43.5. The fourth-order valence-corrected chi connectivity index (χ4v) is 20.5. The van der Waals surface area contributed by atoms with Crippen LogP contribution in [0.1, 0.15) is 27.8 Å². The van der Waals surface area contributed by atoms with E-state index in [1.165, 1.54) is 92.5 Å². The van der Waals surface area contributed by atoms with Gasteiger partial charge in [-0.3, -0.25) is 9.97 Å². The van der Waals surface area contributed by atoms with Crippen molar-refractivity contribution in [2.75, 3.05) is 9.80 Å². The molecule has 0 N–H and O–H groups in total. The molecule has 14 rings (SSSR count). The minimum atomic E-state index is -1.85. The number of pyridine rings is 2. The van der Waals surface area contributed by atoms with Gasteiger partial charge in [0.15, 0.2) is 0 Å². The number of aromatic nitrogens is 2. The highest BCUT2D eigenvalue weighted by atomic mass is 28.3. The molecule has 5 nitrogen and oxygen atoms in total. The Hall–Kier alpha value is -7.93. The minimum absolute atomic E-state index is 0.813. The summed E-state index contributed by atoms with van der Waals surface area (Å²) < 4.78 is 7.57. The first kappa shape index (κ1) is 53.1. The second kappa shape index (κ2) is 18.8. The monoisotopic (exact) mass is 1140 g/mol. The van der Waals surface area contributed by atoms with Crippen LogP contribution in [-0.2, 0) is 5.41 Å². The van der Waals surface area contributed by atoms with Crippen molar-refractivity contribution in [1.29, 1.82) is 0 Å². The molecule has 0 aliphatic heterocycles. The summed E-state index contributed by atoms with van der Waals surface area (Å²) in [5.41, 5.74) is 18.8. The van der Waals surface area contributed by atoms with Gasteiger partial charge in [-0.2, -0.15) is 0 Å². The highest BCUT2D eigenvalue weighted by Gasteiger charge is 2.54. The standard InChI is InChI=1S/C74H72N4OSi4/c1-47-67(82(8,9)10)41-54(42-68(47)83(11,12)13)77(51-24-20-36-75-45-51)50-32-33-59-63(40-50)74(61-34-30-48-22-14-16-26-57(48)69(61)70-58-27-17-15-23-49(58)31-35-62(70)74)64-44-65(72-60-28-18-19-29-66(60)79-73(72)71(59)64)78(52-25-21-37-76-46-52)53-38-55(80(2,3)4)43-56(39-53)81(5,6)7/h14-46H,1-13H3. The lowest BCUT2D eigenvalue weighted by molar-refractivity contribution is 0.669. The van der Waals surface area contributed by atoms with E-state index in [-0.39, 0.29) is 0 Å². The van der Waals surface area contributed by atoms with Crippen molar-refractivity contribution in [1.82, 2.24) is 9.97 Å². The van der Waals surface area contributed by atoms with Gasteiger partial charge in [0, 0.05) is 40.4 Å². The van der Waals surface area contributed by atoms with Crippen molar-refractivity contribution in [3.63, 3.8) is 0 Å². The van der Waals surface area contributed by atoms with Gasteiger partial charge in [-0.1, -0.05) is 208 Å². The average Bonchev–Trinajstić information content (AvgIpc) is 1.55. The molecule has 3 heterocycles. The Balaban J connectivity index is 1.17. The van der Waals surface area contributed by atoms with Crippen LogP contribution in [-0.4, -0.2) is 42.3 Å². The van der Waals surface area contributed by atoms with Gasteiger partial charge in [0.1, 0.15) is 11.2 Å². The fraction of sp³-hybridized carbons (Fsp3) is 0.189. The maximum Gasteiger partial charge on any atom is 0.145 e. The number of benzene rings is 9. The van der Waals surface area contributed by atoms with Crippen LogP contribution in [0.25, 0.3) is 65.7 Å². The maximum atomic E-state index is 7.57. The normalized spacial score (nSPS) is 13.7. The Morgan fingerprint density at radius 3 is 1.45 bits per heavy atom. The summed E-state index contributed by atoms with van der Waals surface area (Å²) >= 11 is 0. The second-order valence-electron chi connectivity index (χ2n) is 27.5. The molecule has 83 heavy (non-hydrogen) atoms. The van der Waals surface area contributed by atoms with Gasteiger partial charge < -0.3 is 14.2 Å². The van der Waals surface area contributed by atoms with E-state index >= 15 is 0 Å². The van der Waals surface area contributed by atoms with Crippen LogP contribution in [0.5, 0.6) is 0 Å². The smallest absolute Gasteiger partial charge is 0.145 e. The number of nitrogens with zero attached hydrogens (tertiary/aromatic N) is 4. The Kier molecular flexibility index (Phi) is 12.0. The molecule has 12 aromatic rings. The highest BCUT2D eigenvalue weighted by Crippen LogP contribution is 2.67. The van der Waals surface area contributed by atoms with Crippen molar-refractivity contribution < 1.29 is 4.42 Å². The van der Waals surface area contributed by atoms with E-state index in [1.807, 2.05) is 24.8 Å². The number of hydrogen-bond acceptors (Lipinski definition) is 5. The Morgan fingerprint density at radius 2 is 0.916 bits per heavy atom.